The number of para-hydroxylation sites is 2. The molecule has 10 heteroatoms. The Hall–Kier alpha value is -3.50. The molecule has 2 saturated heterocycles. The fourth-order valence-electron chi connectivity index (χ4n) is 5.48. The zero-order chi connectivity index (χ0) is 24.8. The van der Waals surface area contributed by atoms with E-state index in [0.717, 1.165) is 30.7 Å². The minimum atomic E-state index is -0.581. The number of halogens is 1. The lowest BCUT2D eigenvalue weighted by Gasteiger charge is -2.28. The number of hydrogen-bond donors (Lipinski definition) is 1. The van der Waals surface area contributed by atoms with Gasteiger partial charge in [0.15, 0.2) is 17.3 Å². The molecule has 0 saturated carbocycles. The van der Waals surface area contributed by atoms with Crippen LogP contribution in [-0.4, -0.2) is 77.2 Å². The van der Waals surface area contributed by atoms with Crippen LogP contribution in [0.2, 0.25) is 0 Å². The summed E-state index contributed by atoms with van der Waals surface area (Å²) < 4.78 is 24.4. The number of likely N-dealkylation sites (tertiary alicyclic amines) is 1. The lowest BCUT2D eigenvalue weighted by atomic mass is 10.1. The predicted molar refractivity (Wildman–Crippen MR) is 136 cm³/mol. The number of imidazole rings is 1. The average Bonchev–Trinajstić information content (AvgIpc) is 3.51. The number of ether oxygens (including phenoxy) is 1. The molecule has 0 spiro atoms. The summed E-state index contributed by atoms with van der Waals surface area (Å²) in [6.07, 6.45) is 2.34. The van der Waals surface area contributed by atoms with E-state index in [1.54, 1.807) is 0 Å². The summed E-state index contributed by atoms with van der Waals surface area (Å²) >= 11 is 0. The summed E-state index contributed by atoms with van der Waals surface area (Å²) in [5, 5.41) is 3.02. The first-order valence-corrected chi connectivity index (χ1v) is 12.5. The van der Waals surface area contributed by atoms with E-state index in [0.29, 0.717) is 44.1 Å². The Morgan fingerprint density at radius 2 is 1.83 bits per heavy atom. The number of morpholine rings is 1. The van der Waals surface area contributed by atoms with Crippen molar-refractivity contribution in [3.63, 3.8) is 0 Å². The van der Waals surface area contributed by atoms with Crippen LogP contribution in [0.15, 0.2) is 35.1 Å². The van der Waals surface area contributed by atoms with E-state index in [1.807, 2.05) is 45.2 Å². The second kappa shape index (κ2) is 9.18. The topological polar surface area (TPSA) is 84.1 Å². The third-order valence-electron chi connectivity index (χ3n) is 7.31. The molecule has 4 aromatic rings. The van der Waals surface area contributed by atoms with Crippen molar-refractivity contribution in [3.8, 4) is 0 Å². The molecule has 188 valence electrons. The van der Waals surface area contributed by atoms with E-state index in [-0.39, 0.29) is 16.8 Å². The molecule has 0 radical (unpaired) electrons. The number of amides is 1. The van der Waals surface area contributed by atoms with E-state index in [9.17, 15) is 9.59 Å². The van der Waals surface area contributed by atoms with Gasteiger partial charge in [0.25, 0.3) is 5.91 Å². The van der Waals surface area contributed by atoms with Gasteiger partial charge in [-0.15, -0.1) is 0 Å². The molecule has 0 bridgehead atoms. The minimum Gasteiger partial charge on any atom is -0.378 e. The first kappa shape index (κ1) is 22.9. The van der Waals surface area contributed by atoms with Gasteiger partial charge in [0, 0.05) is 33.2 Å². The average molecular weight is 493 g/mol. The molecule has 5 heterocycles. The van der Waals surface area contributed by atoms with Crippen LogP contribution in [-0.2, 0) is 11.8 Å². The van der Waals surface area contributed by atoms with Crippen LogP contribution >= 0.6 is 0 Å². The van der Waals surface area contributed by atoms with Crippen molar-refractivity contribution in [1.82, 2.24) is 24.2 Å². The lowest BCUT2D eigenvalue weighted by molar-refractivity contribution is 0.0950. The van der Waals surface area contributed by atoms with Gasteiger partial charge in [-0.25, -0.2) is 9.37 Å². The standard InChI is InChI=1S/C26H29FN6O3/c1-30-19-6-2-3-7-20(19)33-23-17(16-18(27)24(29-23)32-12-14-36-15-13-32)22(34)21(26(30)33)25(35)28-8-11-31-9-4-5-10-31/h2-3,6-7,16H,4-5,8-15H2,1H3,(H,28,35). The van der Waals surface area contributed by atoms with Gasteiger partial charge < -0.3 is 24.4 Å². The van der Waals surface area contributed by atoms with Crippen LogP contribution in [0.5, 0.6) is 0 Å². The number of aromatic nitrogens is 3. The zero-order valence-corrected chi connectivity index (χ0v) is 20.3. The number of fused-ring (bicyclic) bond motifs is 5. The smallest absolute Gasteiger partial charge is 0.259 e. The highest BCUT2D eigenvalue weighted by atomic mass is 19.1. The van der Waals surface area contributed by atoms with Gasteiger partial charge in [0.05, 0.1) is 29.6 Å². The van der Waals surface area contributed by atoms with Gasteiger partial charge >= 0.3 is 0 Å². The van der Waals surface area contributed by atoms with Gasteiger partial charge in [0.1, 0.15) is 11.2 Å². The molecule has 2 fully saturated rings. The second-order valence-electron chi connectivity index (χ2n) is 9.48. The van der Waals surface area contributed by atoms with Gasteiger partial charge in [-0.2, -0.15) is 0 Å². The first-order valence-electron chi connectivity index (χ1n) is 12.5. The summed E-state index contributed by atoms with van der Waals surface area (Å²) in [7, 11) is 1.83. The normalized spacial score (nSPS) is 17.0. The van der Waals surface area contributed by atoms with Crippen molar-refractivity contribution >= 4 is 39.4 Å². The monoisotopic (exact) mass is 492 g/mol. The molecule has 2 aliphatic rings. The Kier molecular flexibility index (Phi) is 5.85. The van der Waals surface area contributed by atoms with Crippen molar-refractivity contribution in [2.45, 2.75) is 12.8 Å². The van der Waals surface area contributed by atoms with E-state index >= 15 is 4.39 Å². The fourth-order valence-corrected chi connectivity index (χ4v) is 5.48. The van der Waals surface area contributed by atoms with Gasteiger partial charge in [0.2, 0.25) is 5.43 Å². The molecular formula is C26H29FN6O3. The lowest BCUT2D eigenvalue weighted by Crippen LogP contribution is -2.38. The number of carbonyl (C=O) groups excluding carboxylic acids is 1. The van der Waals surface area contributed by atoms with Gasteiger partial charge in [-0.05, 0) is 44.1 Å². The van der Waals surface area contributed by atoms with Gasteiger partial charge in [-0.1, -0.05) is 12.1 Å². The van der Waals surface area contributed by atoms with Crippen LogP contribution in [0, 0.1) is 5.82 Å². The number of rotatable bonds is 5. The number of hydrogen-bond acceptors (Lipinski definition) is 6. The zero-order valence-electron chi connectivity index (χ0n) is 20.3. The van der Waals surface area contributed by atoms with Crippen LogP contribution in [0.25, 0.3) is 27.7 Å². The molecule has 36 heavy (non-hydrogen) atoms. The number of pyridine rings is 2. The van der Waals surface area contributed by atoms with Crippen molar-refractivity contribution < 1.29 is 13.9 Å². The summed E-state index contributed by atoms with van der Waals surface area (Å²) in [6.45, 7) is 5.23. The molecule has 1 amide bonds. The molecule has 0 aliphatic carbocycles. The largest absolute Gasteiger partial charge is 0.378 e. The molecule has 9 nitrogen and oxygen atoms in total. The predicted octanol–water partition coefficient (Wildman–Crippen LogP) is 2.14. The Labute approximate surface area is 207 Å². The molecule has 0 unspecified atom stereocenters. The number of nitrogens with zero attached hydrogens (tertiary/aromatic N) is 5. The summed E-state index contributed by atoms with van der Waals surface area (Å²) in [6, 6.07) is 8.88. The third-order valence-corrected chi connectivity index (χ3v) is 7.31. The van der Waals surface area contributed by atoms with Crippen molar-refractivity contribution in [3.05, 3.63) is 51.9 Å². The summed E-state index contributed by atoms with van der Waals surface area (Å²) in [5.41, 5.74) is 1.90. The summed E-state index contributed by atoms with van der Waals surface area (Å²) in [5.74, 6) is -0.848. The molecule has 1 aromatic carbocycles. The van der Waals surface area contributed by atoms with E-state index < -0.39 is 17.2 Å². The third kappa shape index (κ3) is 3.72. The highest BCUT2D eigenvalue weighted by Crippen LogP contribution is 2.28. The maximum absolute atomic E-state index is 15.3. The maximum Gasteiger partial charge on any atom is 0.259 e. The first-order chi connectivity index (χ1) is 17.5. The molecule has 6 rings (SSSR count). The van der Waals surface area contributed by atoms with Crippen molar-refractivity contribution in [1.29, 1.82) is 0 Å². The van der Waals surface area contributed by atoms with Crippen molar-refractivity contribution in [2.24, 2.45) is 7.05 Å². The Balaban J connectivity index is 1.54. The number of aryl methyl sites for hydroxylation is 1. The van der Waals surface area contributed by atoms with E-state index in [2.05, 4.69) is 15.2 Å². The Bertz CT molecular complexity index is 1530. The Morgan fingerprint density at radius 3 is 2.58 bits per heavy atom. The van der Waals surface area contributed by atoms with Crippen LogP contribution < -0.4 is 15.6 Å². The fraction of sp³-hybridized carbons (Fsp3) is 0.423. The van der Waals surface area contributed by atoms with Gasteiger partial charge in [-0.3, -0.25) is 14.0 Å². The number of nitrogens with one attached hydrogen (secondary N) is 1. The van der Waals surface area contributed by atoms with Crippen LogP contribution in [0.1, 0.15) is 23.2 Å². The molecule has 3 aromatic heterocycles. The number of benzene rings is 1. The molecular weight excluding hydrogens is 463 g/mol. The highest BCUT2D eigenvalue weighted by Gasteiger charge is 2.26. The highest BCUT2D eigenvalue weighted by molar-refractivity contribution is 6.05. The molecule has 1 N–H and O–H groups in total. The van der Waals surface area contributed by atoms with E-state index in [1.165, 1.54) is 18.9 Å². The minimum absolute atomic E-state index is 0.00273. The quantitative estimate of drug-likeness (QED) is 0.460. The van der Waals surface area contributed by atoms with E-state index in [4.69, 9.17) is 4.74 Å². The van der Waals surface area contributed by atoms with Crippen LogP contribution in [0.4, 0.5) is 10.2 Å². The van der Waals surface area contributed by atoms with Crippen molar-refractivity contribution in [2.75, 3.05) is 57.4 Å². The number of anilines is 1. The number of carbonyl (C=O) groups is 1. The summed E-state index contributed by atoms with van der Waals surface area (Å²) in [4.78, 5) is 36.0. The second-order valence-corrected chi connectivity index (χ2v) is 9.48. The van der Waals surface area contributed by atoms with Crippen LogP contribution in [0.3, 0.4) is 0 Å². The Morgan fingerprint density at radius 1 is 1.11 bits per heavy atom. The molecule has 2 aliphatic heterocycles. The SMILES string of the molecule is Cn1c2ccccc2n2c3nc(N4CCOCC4)c(F)cc3c(=O)c(C(=O)NCCN3CCCC3)c12. The molecule has 0 atom stereocenters. The maximum atomic E-state index is 15.3.